The highest BCUT2D eigenvalue weighted by molar-refractivity contribution is 5.77. The highest BCUT2D eigenvalue weighted by Crippen LogP contribution is 2.22. The first-order valence-corrected chi connectivity index (χ1v) is 8.22. The van der Waals surface area contributed by atoms with Gasteiger partial charge in [-0.3, -0.25) is 4.57 Å². The summed E-state index contributed by atoms with van der Waals surface area (Å²) in [5.74, 6) is 0.574. The zero-order chi connectivity index (χ0) is 17.4. The van der Waals surface area contributed by atoms with E-state index >= 15 is 0 Å². The number of fused-ring (bicyclic) bond motifs is 1. The molecule has 4 rings (SSSR count). The molecule has 25 heavy (non-hydrogen) atoms. The van der Waals surface area contributed by atoms with Crippen LogP contribution in [-0.4, -0.2) is 19.5 Å². The summed E-state index contributed by atoms with van der Waals surface area (Å²) in [4.78, 5) is 13.8. The molecule has 0 radical (unpaired) electrons. The minimum Gasteiger partial charge on any atom is -0.324 e. The molecule has 0 atom stereocenters. The van der Waals surface area contributed by atoms with Gasteiger partial charge in [-0.1, -0.05) is 24.3 Å². The Balaban J connectivity index is 1.81. The van der Waals surface area contributed by atoms with E-state index in [0.717, 1.165) is 28.2 Å². The summed E-state index contributed by atoms with van der Waals surface area (Å²) < 4.78 is 2.00. The van der Waals surface area contributed by atoms with E-state index in [1.807, 2.05) is 29.7 Å². The van der Waals surface area contributed by atoms with Crippen molar-refractivity contribution < 1.29 is 0 Å². The second kappa shape index (κ2) is 6.02. The van der Waals surface area contributed by atoms with Crippen LogP contribution in [-0.2, 0) is 0 Å². The van der Waals surface area contributed by atoms with Crippen LogP contribution in [0.5, 0.6) is 0 Å². The van der Waals surface area contributed by atoms with E-state index in [9.17, 15) is 0 Å². The van der Waals surface area contributed by atoms with E-state index in [4.69, 9.17) is 4.98 Å². The number of nitrogens with zero attached hydrogens (tertiary/aromatic N) is 4. The number of imidazole rings is 1. The summed E-state index contributed by atoms with van der Waals surface area (Å²) in [6.07, 6.45) is 1.80. The summed E-state index contributed by atoms with van der Waals surface area (Å²) in [5, 5.41) is 3.29. The van der Waals surface area contributed by atoms with Gasteiger partial charge >= 0.3 is 0 Å². The molecule has 0 unspecified atom stereocenters. The first-order valence-electron chi connectivity index (χ1n) is 8.22. The summed E-state index contributed by atoms with van der Waals surface area (Å²) in [6, 6.07) is 16.4. The maximum absolute atomic E-state index is 4.71. The van der Waals surface area contributed by atoms with Crippen LogP contribution in [0.25, 0.3) is 16.9 Å². The van der Waals surface area contributed by atoms with Gasteiger partial charge in [0, 0.05) is 11.4 Å². The van der Waals surface area contributed by atoms with E-state index in [-0.39, 0.29) is 0 Å². The molecule has 0 saturated carbocycles. The van der Waals surface area contributed by atoms with Crippen LogP contribution >= 0.6 is 0 Å². The average molecular weight is 329 g/mol. The Kier molecular flexibility index (Phi) is 3.69. The Bertz CT molecular complexity index is 1060. The molecule has 2 aromatic heterocycles. The number of hydrogen-bond acceptors (Lipinski definition) is 4. The van der Waals surface area contributed by atoms with Crippen LogP contribution in [0, 0.1) is 20.8 Å². The lowest BCUT2D eigenvalue weighted by molar-refractivity contribution is 1.05. The molecule has 0 spiro atoms. The van der Waals surface area contributed by atoms with Crippen molar-refractivity contribution in [3.05, 3.63) is 71.7 Å². The first kappa shape index (κ1) is 15.3. The predicted molar refractivity (Wildman–Crippen MR) is 101 cm³/mol. The largest absolute Gasteiger partial charge is 0.324 e. The van der Waals surface area contributed by atoms with Crippen LogP contribution in [0.15, 0.2) is 54.9 Å². The number of rotatable bonds is 3. The summed E-state index contributed by atoms with van der Waals surface area (Å²) >= 11 is 0. The van der Waals surface area contributed by atoms with Gasteiger partial charge in [0.15, 0.2) is 5.65 Å². The molecule has 0 amide bonds. The number of hydrogen-bond donors (Lipinski definition) is 1. The quantitative estimate of drug-likeness (QED) is 0.602. The van der Waals surface area contributed by atoms with Gasteiger partial charge in [-0.05, 0) is 56.2 Å². The average Bonchev–Trinajstić information content (AvgIpc) is 2.99. The number of aromatic nitrogens is 4. The molecular formula is C20H19N5. The molecule has 2 aromatic carbocycles. The second-order valence-corrected chi connectivity index (χ2v) is 6.25. The van der Waals surface area contributed by atoms with E-state index in [2.05, 4.69) is 59.5 Å². The molecule has 5 nitrogen and oxygen atoms in total. The van der Waals surface area contributed by atoms with Crippen LogP contribution in [0.2, 0.25) is 0 Å². The van der Waals surface area contributed by atoms with E-state index in [1.165, 1.54) is 11.1 Å². The number of anilines is 2. The van der Waals surface area contributed by atoms with Gasteiger partial charge in [-0.2, -0.15) is 4.98 Å². The highest BCUT2D eigenvalue weighted by Gasteiger charge is 2.12. The van der Waals surface area contributed by atoms with Crippen LogP contribution < -0.4 is 5.32 Å². The standard InChI is InChI=1S/C20H19N5/c1-13-6-4-8-16(10-13)23-20-22-15(3)18-19(24-20)25(12-21-18)17-9-5-7-14(2)11-17/h4-12H,1-3H3,(H,22,23,24). The van der Waals surface area contributed by atoms with Gasteiger partial charge in [0.25, 0.3) is 0 Å². The zero-order valence-corrected chi connectivity index (χ0v) is 14.5. The third-order valence-corrected chi connectivity index (χ3v) is 4.12. The molecule has 124 valence electrons. The molecule has 4 aromatic rings. The topological polar surface area (TPSA) is 55.6 Å². The Hall–Kier alpha value is -3.21. The Morgan fingerprint density at radius 2 is 1.64 bits per heavy atom. The monoisotopic (exact) mass is 329 g/mol. The van der Waals surface area contributed by atoms with Gasteiger partial charge < -0.3 is 5.32 Å². The highest BCUT2D eigenvalue weighted by atomic mass is 15.2. The maximum atomic E-state index is 4.71. The van der Waals surface area contributed by atoms with Crippen molar-refractivity contribution >= 4 is 22.8 Å². The van der Waals surface area contributed by atoms with Crippen molar-refractivity contribution in [2.75, 3.05) is 5.32 Å². The molecule has 0 bridgehead atoms. The Morgan fingerprint density at radius 3 is 2.40 bits per heavy atom. The Morgan fingerprint density at radius 1 is 0.880 bits per heavy atom. The smallest absolute Gasteiger partial charge is 0.229 e. The van der Waals surface area contributed by atoms with E-state index < -0.39 is 0 Å². The molecular weight excluding hydrogens is 310 g/mol. The lowest BCUT2D eigenvalue weighted by Gasteiger charge is -2.09. The third kappa shape index (κ3) is 2.96. The molecule has 0 fully saturated rings. The minimum absolute atomic E-state index is 0.574. The van der Waals surface area contributed by atoms with Gasteiger partial charge in [-0.15, -0.1) is 0 Å². The fraction of sp³-hybridized carbons (Fsp3) is 0.150. The fourth-order valence-corrected chi connectivity index (χ4v) is 2.92. The first-order chi connectivity index (χ1) is 12.1. The minimum atomic E-state index is 0.574. The zero-order valence-electron chi connectivity index (χ0n) is 14.5. The lowest BCUT2D eigenvalue weighted by Crippen LogP contribution is -2.02. The maximum Gasteiger partial charge on any atom is 0.229 e. The predicted octanol–water partition coefficient (Wildman–Crippen LogP) is 4.48. The van der Waals surface area contributed by atoms with Crippen LogP contribution in [0.1, 0.15) is 16.8 Å². The van der Waals surface area contributed by atoms with E-state index in [0.29, 0.717) is 5.95 Å². The SMILES string of the molecule is Cc1cccc(Nc2nc(C)c3ncn(-c4cccc(C)c4)c3n2)c1. The summed E-state index contributed by atoms with van der Waals surface area (Å²) in [5.41, 5.74) is 6.87. The van der Waals surface area contributed by atoms with Crippen molar-refractivity contribution in [3.63, 3.8) is 0 Å². The fourth-order valence-electron chi connectivity index (χ4n) is 2.92. The molecule has 1 N–H and O–H groups in total. The van der Waals surface area contributed by atoms with Gasteiger partial charge in [-0.25, -0.2) is 9.97 Å². The molecule has 0 aliphatic rings. The summed E-state index contributed by atoms with van der Waals surface area (Å²) in [7, 11) is 0. The molecule has 5 heteroatoms. The van der Waals surface area contributed by atoms with Gasteiger partial charge in [0.1, 0.15) is 11.8 Å². The third-order valence-electron chi connectivity index (χ3n) is 4.12. The number of benzene rings is 2. The number of aryl methyl sites for hydroxylation is 3. The van der Waals surface area contributed by atoms with E-state index in [1.54, 1.807) is 6.33 Å². The van der Waals surface area contributed by atoms with Gasteiger partial charge in [0.05, 0.1) is 5.69 Å². The normalized spacial score (nSPS) is 11.0. The second-order valence-electron chi connectivity index (χ2n) is 6.25. The lowest BCUT2D eigenvalue weighted by atomic mass is 10.2. The summed E-state index contributed by atoms with van der Waals surface area (Å²) in [6.45, 7) is 6.10. The number of nitrogens with one attached hydrogen (secondary N) is 1. The molecule has 2 heterocycles. The van der Waals surface area contributed by atoms with Gasteiger partial charge in [0.2, 0.25) is 5.95 Å². The van der Waals surface area contributed by atoms with Crippen molar-refractivity contribution in [2.45, 2.75) is 20.8 Å². The van der Waals surface area contributed by atoms with Crippen LogP contribution in [0.4, 0.5) is 11.6 Å². The van der Waals surface area contributed by atoms with Crippen molar-refractivity contribution in [2.24, 2.45) is 0 Å². The van der Waals surface area contributed by atoms with Crippen molar-refractivity contribution in [3.8, 4) is 5.69 Å². The Labute approximate surface area is 146 Å². The van der Waals surface area contributed by atoms with Crippen molar-refractivity contribution in [1.82, 2.24) is 19.5 Å². The molecule has 0 saturated heterocycles. The molecule has 0 aliphatic heterocycles. The van der Waals surface area contributed by atoms with Crippen molar-refractivity contribution in [1.29, 1.82) is 0 Å². The van der Waals surface area contributed by atoms with Crippen LogP contribution in [0.3, 0.4) is 0 Å². The molecule has 0 aliphatic carbocycles.